The van der Waals surface area contributed by atoms with E-state index in [4.69, 9.17) is 17.4 Å². The Morgan fingerprint density at radius 1 is 1.10 bits per heavy atom. The average Bonchev–Trinajstić information content (AvgIpc) is 2.41. The van der Waals surface area contributed by atoms with Crippen molar-refractivity contribution in [1.82, 2.24) is 5.43 Å². The zero-order valence-electron chi connectivity index (χ0n) is 10.3. The minimum Gasteiger partial charge on any atom is -0.271 e. The van der Waals surface area contributed by atoms with Gasteiger partial charge in [0, 0.05) is 10.6 Å². The normalized spacial score (nSPS) is 12.4. The van der Waals surface area contributed by atoms with Crippen LogP contribution < -0.4 is 11.3 Å². The zero-order valence-corrected chi connectivity index (χ0v) is 11.1. The number of nitrogens with one attached hydrogen (secondary N) is 1. The molecule has 0 aliphatic rings. The number of hydrazine groups is 1. The molecule has 0 bridgehead atoms. The van der Waals surface area contributed by atoms with Crippen LogP contribution >= 0.6 is 11.6 Å². The SMILES string of the molecule is NNC(Cc1cccc(F)c1F)c1ccc(Cl)cc1F. The van der Waals surface area contributed by atoms with E-state index in [0.717, 1.165) is 12.1 Å². The van der Waals surface area contributed by atoms with E-state index in [1.165, 1.54) is 24.3 Å². The molecule has 1 unspecified atom stereocenters. The molecule has 0 radical (unpaired) electrons. The van der Waals surface area contributed by atoms with Crippen molar-refractivity contribution in [2.45, 2.75) is 12.5 Å². The summed E-state index contributed by atoms with van der Waals surface area (Å²) in [5.74, 6) is 2.92. The largest absolute Gasteiger partial charge is 0.271 e. The van der Waals surface area contributed by atoms with Gasteiger partial charge in [0.1, 0.15) is 5.82 Å². The molecule has 2 rings (SSSR count). The molecule has 0 amide bonds. The van der Waals surface area contributed by atoms with Gasteiger partial charge in [-0.3, -0.25) is 11.3 Å². The Morgan fingerprint density at radius 2 is 1.85 bits per heavy atom. The fraction of sp³-hybridized carbons (Fsp3) is 0.143. The third-order valence-electron chi connectivity index (χ3n) is 2.99. The molecule has 3 N–H and O–H groups in total. The van der Waals surface area contributed by atoms with Crippen molar-refractivity contribution in [3.8, 4) is 0 Å². The summed E-state index contributed by atoms with van der Waals surface area (Å²) in [6.45, 7) is 0. The highest BCUT2D eigenvalue weighted by Gasteiger charge is 2.18. The highest BCUT2D eigenvalue weighted by atomic mass is 35.5. The van der Waals surface area contributed by atoms with Gasteiger partial charge in [0.15, 0.2) is 11.6 Å². The minimum atomic E-state index is -0.956. The highest BCUT2D eigenvalue weighted by Crippen LogP contribution is 2.24. The van der Waals surface area contributed by atoms with E-state index in [1.54, 1.807) is 0 Å². The van der Waals surface area contributed by atoms with Gasteiger partial charge < -0.3 is 0 Å². The van der Waals surface area contributed by atoms with E-state index in [2.05, 4.69) is 5.43 Å². The second-order valence-electron chi connectivity index (χ2n) is 4.30. The summed E-state index contributed by atoms with van der Waals surface area (Å²) in [6, 6.07) is 7.25. The lowest BCUT2D eigenvalue weighted by atomic mass is 9.98. The molecule has 0 saturated carbocycles. The monoisotopic (exact) mass is 300 g/mol. The predicted octanol–water partition coefficient (Wildman–Crippen LogP) is 3.50. The summed E-state index contributed by atoms with van der Waals surface area (Å²) < 4.78 is 40.6. The fourth-order valence-corrected chi connectivity index (χ4v) is 2.13. The second kappa shape index (κ2) is 6.26. The van der Waals surface area contributed by atoms with Gasteiger partial charge in [-0.05, 0) is 30.2 Å². The number of hydrogen-bond acceptors (Lipinski definition) is 2. The molecule has 0 aromatic heterocycles. The standard InChI is InChI=1S/C14H12ClF3N2/c15-9-4-5-10(12(17)7-9)13(20-19)6-8-2-1-3-11(16)14(8)18/h1-5,7,13,20H,6,19H2. The van der Waals surface area contributed by atoms with E-state index < -0.39 is 23.5 Å². The summed E-state index contributed by atoms with van der Waals surface area (Å²) in [5.41, 5.74) is 2.75. The molecule has 0 aliphatic heterocycles. The van der Waals surface area contributed by atoms with Gasteiger partial charge in [-0.2, -0.15) is 0 Å². The molecule has 0 aliphatic carbocycles. The van der Waals surface area contributed by atoms with Gasteiger partial charge in [0.05, 0.1) is 6.04 Å². The lowest BCUT2D eigenvalue weighted by molar-refractivity contribution is 0.472. The molecule has 1 atom stereocenters. The Labute approximate surface area is 119 Å². The van der Waals surface area contributed by atoms with E-state index in [9.17, 15) is 13.2 Å². The van der Waals surface area contributed by atoms with Crippen molar-refractivity contribution >= 4 is 11.6 Å². The van der Waals surface area contributed by atoms with Crippen molar-refractivity contribution in [2.24, 2.45) is 5.84 Å². The third-order valence-corrected chi connectivity index (χ3v) is 3.23. The van der Waals surface area contributed by atoms with Gasteiger partial charge in [-0.15, -0.1) is 0 Å². The van der Waals surface area contributed by atoms with Gasteiger partial charge in [0.25, 0.3) is 0 Å². The quantitative estimate of drug-likeness (QED) is 0.670. The van der Waals surface area contributed by atoms with E-state index in [-0.39, 0.29) is 22.6 Å². The first-order valence-corrected chi connectivity index (χ1v) is 6.24. The van der Waals surface area contributed by atoms with E-state index in [1.807, 2.05) is 0 Å². The summed E-state index contributed by atoms with van der Waals surface area (Å²) in [6.07, 6.45) is 0.0125. The van der Waals surface area contributed by atoms with Crippen molar-refractivity contribution in [3.63, 3.8) is 0 Å². The molecule has 2 aromatic carbocycles. The van der Waals surface area contributed by atoms with Crippen LogP contribution in [0.2, 0.25) is 5.02 Å². The maximum atomic E-state index is 13.8. The molecular formula is C14H12ClF3N2. The molecule has 20 heavy (non-hydrogen) atoms. The van der Waals surface area contributed by atoms with Gasteiger partial charge in [0.2, 0.25) is 0 Å². The Balaban J connectivity index is 2.31. The number of benzene rings is 2. The fourth-order valence-electron chi connectivity index (χ4n) is 1.97. The molecule has 0 saturated heterocycles. The molecule has 2 nitrogen and oxygen atoms in total. The van der Waals surface area contributed by atoms with Crippen LogP contribution in [0.3, 0.4) is 0 Å². The Hall–Kier alpha value is -1.56. The number of rotatable bonds is 4. The molecule has 0 spiro atoms. The number of halogens is 4. The summed E-state index contributed by atoms with van der Waals surface area (Å²) in [4.78, 5) is 0. The molecule has 0 fully saturated rings. The van der Waals surface area contributed by atoms with Crippen LogP contribution in [0.5, 0.6) is 0 Å². The molecule has 2 aromatic rings. The zero-order chi connectivity index (χ0) is 14.7. The van der Waals surface area contributed by atoms with Crippen LogP contribution in [-0.2, 0) is 6.42 Å². The number of nitrogens with two attached hydrogens (primary N) is 1. The van der Waals surface area contributed by atoms with Gasteiger partial charge in [-0.1, -0.05) is 29.8 Å². The molecular weight excluding hydrogens is 289 g/mol. The van der Waals surface area contributed by atoms with Gasteiger partial charge >= 0.3 is 0 Å². The smallest absolute Gasteiger partial charge is 0.162 e. The van der Waals surface area contributed by atoms with Crippen LogP contribution in [0, 0.1) is 17.5 Å². The van der Waals surface area contributed by atoms with Crippen LogP contribution in [0.25, 0.3) is 0 Å². The molecule has 6 heteroatoms. The van der Waals surface area contributed by atoms with Crippen LogP contribution in [0.1, 0.15) is 17.2 Å². The second-order valence-corrected chi connectivity index (χ2v) is 4.74. The first-order chi connectivity index (χ1) is 9.52. The lowest BCUT2D eigenvalue weighted by Gasteiger charge is -2.17. The van der Waals surface area contributed by atoms with Crippen molar-refractivity contribution < 1.29 is 13.2 Å². The Bertz CT molecular complexity index is 619. The average molecular weight is 301 g/mol. The first kappa shape index (κ1) is 14.8. The van der Waals surface area contributed by atoms with Crippen LogP contribution in [0.4, 0.5) is 13.2 Å². The molecule has 0 heterocycles. The van der Waals surface area contributed by atoms with E-state index in [0.29, 0.717) is 0 Å². The Kier molecular flexibility index (Phi) is 4.65. The van der Waals surface area contributed by atoms with Crippen molar-refractivity contribution in [2.75, 3.05) is 0 Å². The van der Waals surface area contributed by atoms with Crippen molar-refractivity contribution in [1.29, 1.82) is 0 Å². The maximum absolute atomic E-state index is 13.8. The number of hydrogen-bond donors (Lipinski definition) is 2. The maximum Gasteiger partial charge on any atom is 0.162 e. The third kappa shape index (κ3) is 3.12. The van der Waals surface area contributed by atoms with Crippen LogP contribution in [0.15, 0.2) is 36.4 Å². The summed E-state index contributed by atoms with van der Waals surface area (Å²) in [7, 11) is 0. The summed E-state index contributed by atoms with van der Waals surface area (Å²) >= 11 is 5.67. The van der Waals surface area contributed by atoms with Crippen molar-refractivity contribution in [3.05, 3.63) is 70.0 Å². The lowest BCUT2D eigenvalue weighted by Crippen LogP contribution is -2.30. The summed E-state index contributed by atoms with van der Waals surface area (Å²) in [5, 5.41) is 0.249. The van der Waals surface area contributed by atoms with Gasteiger partial charge in [-0.25, -0.2) is 13.2 Å². The predicted molar refractivity (Wildman–Crippen MR) is 71.5 cm³/mol. The molecule has 106 valence electrons. The minimum absolute atomic E-state index is 0.0125. The Morgan fingerprint density at radius 3 is 2.50 bits per heavy atom. The van der Waals surface area contributed by atoms with Crippen LogP contribution in [-0.4, -0.2) is 0 Å². The topological polar surface area (TPSA) is 38.0 Å². The highest BCUT2D eigenvalue weighted by molar-refractivity contribution is 6.30. The first-order valence-electron chi connectivity index (χ1n) is 5.87. The van der Waals surface area contributed by atoms with E-state index >= 15 is 0 Å².